The van der Waals surface area contributed by atoms with Gasteiger partial charge in [-0.25, -0.2) is 4.39 Å². The third-order valence-electron chi connectivity index (χ3n) is 2.89. The molecule has 2 heteroatoms. The Morgan fingerprint density at radius 2 is 1.71 bits per heavy atom. The van der Waals surface area contributed by atoms with E-state index in [0.29, 0.717) is 11.1 Å². The Balaban J connectivity index is 2.11. The summed E-state index contributed by atoms with van der Waals surface area (Å²) in [6.07, 6.45) is 1.81. The van der Waals surface area contributed by atoms with E-state index < -0.39 is 0 Å². The maximum absolute atomic E-state index is 13.1. The van der Waals surface area contributed by atoms with Crippen LogP contribution in [0.2, 0.25) is 0 Å². The third-order valence-corrected chi connectivity index (χ3v) is 2.89. The molecule has 2 aromatic rings. The first-order chi connectivity index (χ1) is 8.25. The largest absolute Gasteiger partial charge is 0.289 e. The average molecular weight is 224 g/mol. The van der Waals surface area contributed by atoms with Crippen LogP contribution in [-0.4, -0.2) is 5.78 Å². The van der Waals surface area contributed by atoms with Crippen molar-refractivity contribution < 1.29 is 9.18 Å². The van der Waals surface area contributed by atoms with Crippen molar-refractivity contribution in [2.45, 2.75) is 0 Å². The predicted octanol–water partition coefficient (Wildman–Crippen LogP) is 3.56. The second kappa shape index (κ2) is 3.67. The van der Waals surface area contributed by atoms with Crippen molar-refractivity contribution in [2.24, 2.45) is 0 Å². The molecule has 0 radical (unpaired) electrons. The average Bonchev–Trinajstić information content (AvgIpc) is 2.68. The smallest absolute Gasteiger partial charge is 0.194 e. The van der Waals surface area contributed by atoms with E-state index in [1.807, 2.05) is 36.4 Å². The highest BCUT2D eigenvalue weighted by molar-refractivity contribution is 6.37. The molecule has 1 nitrogen and oxygen atoms in total. The van der Waals surface area contributed by atoms with Crippen molar-refractivity contribution in [3.05, 3.63) is 71.0 Å². The Kier molecular flexibility index (Phi) is 2.15. The van der Waals surface area contributed by atoms with Crippen LogP contribution in [-0.2, 0) is 0 Å². The number of rotatable bonds is 1. The van der Waals surface area contributed by atoms with Crippen molar-refractivity contribution in [1.29, 1.82) is 0 Å². The summed E-state index contributed by atoms with van der Waals surface area (Å²) in [5.74, 6) is -0.481. The van der Waals surface area contributed by atoms with Gasteiger partial charge in [0.15, 0.2) is 5.78 Å². The molecular weight excluding hydrogens is 215 g/mol. The lowest BCUT2D eigenvalue weighted by Crippen LogP contribution is -1.98. The van der Waals surface area contributed by atoms with Gasteiger partial charge in [-0.3, -0.25) is 4.79 Å². The zero-order chi connectivity index (χ0) is 11.8. The quantitative estimate of drug-likeness (QED) is 0.723. The normalized spacial score (nSPS) is 13.5. The summed E-state index contributed by atoms with van der Waals surface area (Å²) in [5, 5.41) is 0. The molecule has 0 fully saturated rings. The standard InChI is InChI=1S/C15H9FO/c16-12-7-6-11-8-13(15(17)14(11)9-12)10-4-2-1-3-5-10/h1-9H. The summed E-state index contributed by atoms with van der Waals surface area (Å²) >= 11 is 0. The lowest BCUT2D eigenvalue weighted by Gasteiger charge is -2.00. The van der Waals surface area contributed by atoms with Gasteiger partial charge in [0.05, 0.1) is 0 Å². The minimum absolute atomic E-state index is 0.106. The van der Waals surface area contributed by atoms with Gasteiger partial charge in [0.1, 0.15) is 5.82 Å². The van der Waals surface area contributed by atoms with Crippen molar-refractivity contribution in [1.82, 2.24) is 0 Å². The van der Waals surface area contributed by atoms with Crippen molar-refractivity contribution in [2.75, 3.05) is 0 Å². The number of ketones is 1. The van der Waals surface area contributed by atoms with Gasteiger partial charge in [0.2, 0.25) is 0 Å². The van der Waals surface area contributed by atoms with Crippen LogP contribution >= 0.6 is 0 Å². The summed E-state index contributed by atoms with van der Waals surface area (Å²) in [6, 6.07) is 13.7. The Bertz CT molecular complexity index is 627. The second-order valence-electron chi connectivity index (χ2n) is 3.98. The fraction of sp³-hybridized carbons (Fsp3) is 0. The predicted molar refractivity (Wildman–Crippen MR) is 65.0 cm³/mol. The number of hydrogen-bond acceptors (Lipinski definition) is 1. The van der Waals surface area contributed by atoms with Crippen molar-refractivity contribution in [3.63, 3.8) is 0 Å². The SMILES string of the molecule is O=C1C(c2ccccc2)=Cc2ccc(F)cc21. The van der Waals surface area contributed by atoms with Crippen LogP contribution in [0.3, 0.4) is 0 Å². The first-order valence-electron chi connectivity index (χ1n) is 5.37. The molecule has 0 saturated heterocycles. The summed E-state index contributed by atoms with van der Waals surface area (Å²) < 4.78 is 13.1. The maximum Gasteiger partial charge on any atom is 0.194 e. The first kappa shape index (κ1) is 9.97. The van der Waals surface area contributed by atoms with E-state index in [1.165, 1.54) is 12.1 Å². The Labute approximate surface area is 98.2 Å². The minimum Gasteiger partial charge on any atom is -0.289 e. The first-order valence-corrected chi connectivity index (χ1v) is 5.37. The van der Waals surface area contributed by atoms with E-state index in [0.717, 1.165) is 11.1 Å². The Hall–Kier alpha value is -2.22. The van der Waals surface area contributed by atoms with Gasteiger partial charge in [0.25, 0.3) is 0 Å². The lowest BCUT2D eigenvalue weighted by atomic mass is 10.0. The molecule has 0 atom stereocenters. The summed E-state index contributed by atoms with van der Waals surface area (Å²) in [6.45, 7) is 0. The van der Waals surface area contributed by atoms with Gasteiger partial charge in [-0.15, -0.1) is 0 Å². The summed E-state index contributed by atoms with van der Waals surface area (Å²) in [7, 11) is 0. The van der Waals surface area contributed by atoms with Gasteiger partial charge in [-0.1, -0.05) is 36.4 Å². The maximum atomic E-state index is 13.1. The van der Waals surface area contributed by atoms with E-state index in [9.17, 15) is 9.18 Å². The fourth-order valence-corrected chi connectivity index (χ4v) is 2.05. The van der Waals surface area contributed by atoms with Gasteiger partial charge in [0, 0.05) is 11.1 Å². The van der Waals surface area contributed by atoms with Gasteiger partial charge in [-0.2, -0.15) is 0 Å². The van der Waals surface area contributed by atoms with Crippen LogP contribution in [0.1, 0.15) is 21.5 Å². The molecule has 1 aliphatic rings. The van der Waals surface area contributed by atoms with Crippen LogP contribution in [0.25, 0.3) is 11.6 Å². The molecule has 17 heavy (non-hydrogen) atoms. The van der Waals surface area contributed by atoms with Crippen LogP contribution in [0.15, 0.2) is 48.5 Å². The van der Waals surface area contributed by atoms with E-state index in [1.54, 1.807) is 6.07 Å². The molecule has 0 spiro atoms. The zero-order valence-electron chi connectivity index (χ0n) is 8.98. The molecule has 0 aliphatic heterocycles. The van der Waals surface area contributed by atoms with E-state index in [2.05, 4.69) is 0 Å². The molecule has 82 valence electrons. The monoisotopic (exact) mass is 224 g/mol. The number of benzene rings is 2. The van der Waals surface area contributed by atoms with E-state index in [-0.39, 0.29) is 11.6 Å². The van der Waals surface area contributed by atoms with Gasteiger partial charge < -0.3 is 0 Å². The lowest BCUT2D eigenvalue weighted by molar-refractivity contribution is 0.105. The molecule has 0 heterocycles. The molecule has 3 rings (SSSR count). The Morgan fingerprint density at radius 3 is 2.47 bits per heavy atom. The Morgan fingerprint density at radius 1 is 0.941 bits per heavy atom. The fourth-order valence-electron chi connectivity index (χ4n) is 2.05. The van der Waals surface area contributed by atoms with Crippen LogP contribution < -0.4 is 0 Å². The highest BCUT2D eigenvalue weighted by Gasteiger charge is 2.23. The molecule has 0 amide bonds. The van der Waals surface area contributed by atoms with Crippen molar-refractivity contribution >= 4 is 17.4 Å². The minimum atomic E-state index is -0.375. The molecule has 2 aromatic carbocycles. The highest BCUT2D eigenvalue weighted by Crippen LogP contribution is 2.31. The third kappa shape index (κ3) is 1.58. The molecular formula is C15H9FO. The molecule has 0 bridgehead atoms. The number of hydrogen-bond donors (Lipinski definition) is 0. The summed E-state index contributed by atoms with van der Waals surface area (Å²) in [4.78, 5) is 12.1. The summed E-state index contributed by atoms with van der Waals surface area (Å²) in [5.41, 5.74) is 2.74. The van der Waals surface area contributed by atoms with E-state index >= 15 is 0 Å². The zero-order valence-corrected chi connectivity index (χ0v) is 8.98. The number of allylic oxidation sites excluding steroid dienone is 1. The van der Waals surface area contributed by atoms with Crippen LogP contribution in [0, 0.1) is 5.82 Å². The topological polar surface area (TPSA) is 17.1 Å². The number of carbonyl (C=O) groups excluding carboxylic acids is 1. The second-order valence-corrected chi connectivity index (χ2v) is 3.98. The molecule has 1 aliphatic carbocycles. The van der Waals surface area contributed by atoms with Gasteiger partial charge in [-0.05, 0) is 29.3 Å². The molecule has 0 aromatic heterocycles. The molecule has 0 saturated carbocycles. The van der Waals surface area contributed by atoms with E-state index in [4.69, 9.17) is 0 Å². The molecule has 0 unspecified atom stereocenters. The number of fused-ring (bicyclic) bond motifs is 1. The van der Waals surface area contributed by atoms with Crippen LogP contribution in [0.4, 0.5) is 4.39 Å². The number of carbonyl (C=O) groups is 1. The highest BCUT2D eigenvalue weighted by atomic mass is 19.1. The van der Waals surface area contributed by atoms with Crippen LogP contribution in [0.5, 0.6) is 0 Å². The number of halogens is 1. The molecule has 0 N–H and O–H groups in total. The number of Topliss-reactive ketones (excluding diaryl/α,β-unsaturated/α-hetero) is 1. The van der Waals surface area contributed by atoms with Gasteiger partial charge >= 0.3 is 0 Å². The van der Waals surface area contributed by atoms with Crippen molar-refractivity contribution in [3.8, 4) is 0 Å².